The van der Waals surface area contributed by atoms with Gasteiger partial charge in [0, 0.05) is 17.1 Å². The highest BCUT2D eigenvalue weighted by atomic mass is 32.2. The summed E-state index contributed by atoms with van der Waals surface area (Å²) >= 11 is 1.19. The van der Waals surface area contributed by atoms with Crippen molar-refractivity contribution in [2.24, 2.45) is 0 Å². The summed E-state index contributed by atoms with van der Waals surface area (Å²) < 4.78 is 50.0. The van der Waals surface area contributed by atoms with Gasteiger partial charge >= 0.3 is 0 Å². The number of imidazole rings is 1. The van der Waals surface area contributed by atoms with Crippen molar-refractivity contribution in [2.45, 2.75) is 67.9 Å². The molecular weight excluding hydrogens is 720 g/mol. The third-order valence-electron chi connectivity index (χ3n) is 7.47. The molecule has 4 heterocycles. The van der Waals surface area contributed by atoms with Gasteiger partial charge in [0.15, 0.2) is 29.5 Å². The third kappa shape index (κ3) is 8.64. The Bertz CT molecular complexity index is 1810. The van der Waals surface area contributed by atoms with E-state index in [0.29, 0.717) is 11.3 Å². The third-order valence-corrected chi connectivity index (χ3v) is 11.1. The summed E-state index contributed by atoms with van der Waals surface area (Å²) in [6.07, 6.45) is -14.9. The molecule has 11 atom stereocenters. The number of fused-ring (bicyclic) bond motifs is 1. The Balaban J connectivity index is 1.16. The standard InChI is InChI=1S/C25H33N5O16P2S/c1-10(31)12-4-2-11(3-5-12)7-49-8-14-17(33)18(34)20(36)24(44-14)45-48(40,41)46-47(38,39)42-6-13-16(32)19(35)23(43-13)30-9-27-15-21(30)28-25(26)29-22(15)37/h2-5,9,13-14,16-20,23-24,32-36H,6-8H2,1H3,(H,38,39)(H,40,41)(H3,26,28,29,37)/p-2/t13-,14+,16+,17-,18-,19?,20+,23-,24?/m1/s1. The zero-order valence-corrected chi connectivity index (χ0v) is 27.8. The van der Waals surface area contributed by atoms with Crippen LogP contribution in [0.2, 0.25) is 0 Å². The number of hydrogen-bond donors (Lipinski definition) is 7. The van der Waals surface area contributed by atoms with E-state index in [-0.39, 0.29) is 28.6 Å². The quantitative estimate of drug-likeness (QED) is 0.0687. The van der Waals surface area contributed by atoms with Crippen molar-refractivity contribution >= 4 is 50.3 Å². The maximum Gasteiger partial charge on any atom is 0.280 e. The Hall–Kier alpha value is -2.63. The van der Waals surface area contributed by atoms with Gasteiger partial charge in [-0.25, -0.2) is 9.29 Å². The molecule has 0 spiro atoms. The summed E-state index contributed by atoms with van der Waals surface area (Å²) in [5.41, 5.74) is 5.84. The number of anilines is 1. The lowest BCUT2D eigenvalue weighted by atomic mass is 10.0. The molecule has 1 aromatic carbocycles. The summed E-state index contributed by atoms with van der Waals surface area (Å²) in [6, 6.07) is 6.67. The van der Waals surface area contributed by atoms with Crippen molar-refractivity contribution in [3.63, 3.8) is 0 Å². The number of aromatic amines is 1. The zero-order valence-electron chi connectivity index (χ0n) is 25.2. The molecule has 2 fully saturated rings. The Labute approximate surface area is 279 Å². The number of nitrogen functional groups attached to an aromatic ring is 1. The molecule has 21 nitrogen and oxygen atoms in total. The molecule has 2 aromatic heterocycles. The zero-order chi connectivity index (χ0) is 35.8. The Kier molecular flexibility index (Phi) is 11.5. The van der Waals surface area contributed by atoms with Crippen LogP contribution in [0.25, 0.3) is 11.2 Å². The van der Waals surface area contributed by atoms with E-state index in [1.165, 1.54) is 18.7 Å². The molecule has 5 rings (SSSR count). The SMILES string of the molecule is CC(=O)c1ccc(CSC[C@@H]2OC(OP(=O)([O-])OP(=O)([O-])OC[C@H]3O[C@@H](n4cnc5c(=O)[nH]c(N)nc54)C(O)[C@H]3O)[C@@H](O)[C@H](O)[C@@H]2O)cc1. The fourth-order valence-electron chi connectivity index (χ4n) is 4.95. The molecule has 0 bridgehead atoms. The van der Waals surface area contributed by atoms with Crippen LogP contribution in [0.15, 0.2) is 35.4 Å². The molecule has 2 aliphatic rings. The molecular formula is C25H31N5O16P2S-2. The van der Waals surface area contributed by atoms with E-state index in [1.54, 1.807) is 24.3 Å². The topological polar surface area (TPSA) is 334 Å². The number of Topliss-reactive ketones (excluding diaryl/α,β-unsaturated/α-hetero) is 1. The predicted octanol–water partition coefficient (Wildman–Crippen LogP) is -2.75. The Morgan fingerprint density at radius 3 is 2.37 bits per heavy atom. The fourth-order valence-corrected chi connectivity index (χ4v) is 8.09. The lowest BCUT2D eigenvalue weighted by molar-refractivity contribution is -0.298. The number of aromatic nitrogens is 4. The summed E-state index contributed by atoms with van der Waals surface area (Å²) in [7, 11) is -11.8. The number of phosphoric ester groups is 2. The molecule has 2 aliphatic heterocycles. The maximum atomic E-state index is 12.5. The highest BCUT2D eigenvalue weighted by molar-refractivity contribution is 7.98. The number of ketones is 1. The van der Waals surface area contributed by atoms with Gasteiger partial charge < -0.3 is 55.1 Å². The van der Waals surface area contributed by atoms with E-state index in [0.717, 1.165) is 16.5 Å². The van der Waals surface area contributed by atoms with E-state index < -0.39 is 83.1 Å². The fraction of sp³-hybridized carbons (Fsp3) is 0.520. The maximum absolute atomic E-state index is 12.5. The number of aliphatic hydroxyl groups is 5. The number of rotatable bonds is 13. The van der Waals surface area contributed by atoms with Gasteiger partial charge in [0.2, 0.25) is 5.95 Å². The van der Waals surface area contributed by atoms with Gasteiger partial charge in [-0.2, -0.15) is 16.7 Å². The normalized spacial score (nSPS) is 31.4. The number of thioether (sulfide) groups is 1. The van der Waals surface area contributed by atoms with Gasteiger partial charge in [-0.05, 0) is 12.5 Å². The molecule has 0 amide bonds. The second-order valence-corrected chi connectivity index (χ2v) is 14.9. The van der Waals surface area contributed by atoms with E-state index in [1.807, 2.05) is 0 Å². The number of nitrogens with zero attached hydrogens (tertiary/aromatic N) is 3. The van der Waals surface area contributed by atoms with Gasteiger partial charge in [0.05, 0.1) is 19.0 Å². The minimum absolute atomic E-state index is 0.0438. The summed E-state index contributed by atoms with van der Waals surface area (Å²) in [4.78, 5) is 58.4. The largest absolute Gasteiger partial charge is 0.756 e. The molecule has 8 N–H and O–H groups in total. The number of carbonyl (C=O) groups is 1. The van der Waals surface area contributed by atoms with Gasteiger partial charge in [-0.3, -0.25) is 32.8 Å². The number of nitrogens with one attached hydrogen (secondary N) is 1. The molecule has 0 saturated carbocycles. The Morgan fingerprint density at radius 1 is 1.02 bits per heavy atom. The molecule has 49 heavy (non-hydrogen) atoms. The minimum Gasteiger partial charge on any atom is -0.756 e. The highest BCUT2D eigenvalue weighted by Gasteiger charge is 2.47. The van der Waals surface area contributed by atoms with Crippen LogP contribution in [-0.2, 0) is 37.7 Å². The smallest absolute Gasteiger partial charge is 0.280 e. The summed E-state index contributed by atoms with van der Waals surface area (Å²) in [6.45, 7) is 0.339. The highest BCUT2D eigenvalue weighted by Crippen LogP contribution is 2.57. The first-order valence-corrected chi connectivity index (χ1v) is 18.3. The number of nitrogens with two attached hydrogens (primary N) is 1. The lowest BCUT2D eigenvalue weighted by Crippen LogP contribution is -2.58. The van der Waals surface area contributed by atoms with Crippen LogP contribution in [0.1, 0.15) is 29.1 Å². The molecule has 0 radical (unpaired) electrons. The molecule has 0 aliphatic carbocycles. The molecule has 270 valence electrons. The van der Waals surface area contributed by atoms with E-state index in [2.05, 4.69) is 28.3 Å². The van der Waals surface area contributed by atoms with Crippen LogP contribution in [0, 0.1) is 0 Å². The van der Waals surface area contributed by atoms with Gasteiger partial charge in [0.1, 0.15) is 36.6 Å². The number of hydrogen-bond acceptors (Lipinski definition) is 20. The molecule has 4 unspecified atom stereocenters. The van der Waals surface area contributed by atoms with Crippen LogP contribution < -0.4 is 21.1 Å². The second kappa shape index (κ2) is 14.9. The van der Waals surface area contributed by atoms with Crippen molar-refractivity contribution in [2.75, 3.05) is 18.1 Å². The number of H-pyrrole nitrogens is 1. The first kappa shape index (κ1) is 37.6. The average Bonchev–Trinajstić information content (AvgIpc) is 3.56. The van der Waals surface area contributed by atoms with Crippen molar-refractivity contribution in [3.05, 3.63) is 52.1 Å². The average molecular weight is 752 g/mol. The summed E-state index contributed by atoms with van der Waals surface area (Å²) in [5, 5.41) is 51.9. The van der Waals surface area contributed by atoms with Crippen LogP contribution in [0.4, 0.5) is 5.95 Å². The van der Waals surface area contributed by atoms with E-state index in [9.17, 15) is 54.0 Å². The van der Waals surface area contributed by atoms with Crippen molar-refractivity contribution in [3.8, 4) is 0 Å². The van der Waals surface area contributed by atoms with Crippen LogP contribution >= 0.6 is 27.4 Å². The number of carbonyl (C=O) groups excluding carboxylic acids is 1. The van der Waals surface area contributed by atoms with Gasteiger partial charge in [-0.15, -0.1) is 0 Å². The number of benzene rings is 1. The number of phosphoric acid groups is 2. The molecule has 3 aromatic rings. The Morgan fingerprint density at radius 2 is 1.69 bits per heavy atom. The van der Waals surface area contributed by atoms with E-state index >= 15 is 0 Å². The second-order valence-electron chi connectivity index (χ2n) is 11.0. The monoisotopic (exact) mass is 751 g/mol. The van der Waals surface area contributed by atoms with Gasteiger partial charge in [0.25, 0.3) is 21.2 Å². The van der Waals surface area contributed by atoms with Crippen molar-refractivity contribution in [1.29, 1.82) is 0 Å². The number of ether oxygens (including phenoxy) is 2. The van der Waals surface area contributed by atoms with E-state index in [4.69, 9.17) is 15.2 Å². The van der Waals surface area contributed by atoms with Gasteiger partial charge in [-0.1, -0.05) is 24.3 Å². The van der Waals surface area contributed by atoms with Crippen LogP contribution in [0.3, 0.4) is 0 Å². The van der Waals surface area contributed by atoms with Crippen molar-refractivity contribution in [1.82, 2.24) is 19.5 Å². The van der Waals surface area contributed by atoms with Crippen LogP contribution in [0.5, 0.6) is 0 Å². The number of aliphatic hydroxyl groups excluding tert-OH is 5. The predicted molar refractivity (Wildman–Crippen MR) is 161 cm³/mol. The molecule has 24 heteroatoms. The van der Waals surface area contributed by atoms with Crippen LogP contribution in [-0.4, -0.2) is 112 Å². The lowest BCUT2D eigenvalue weighted by Gasteiger charge is -2.42. The first-order chi connectivity index (χ1) is 23.0. The van der Waals surface area contributed by atoms with Crippen molar-refractivity contribution < 1.29 is 72.1 Å². The first-order valence-electron chi connectivity index (χ1n) is 14.2. The minimum atomic E-state index is -5.94. The summed E-state index contributed by atoms with van der Waals surface area (Å²) in [5.74, 6) is -0.0917. The molecule has 2 saturated heterocycles.